The minimum Gasteiger partial charge on any atom is -0.479 e. The zero-order valence-corrected chi connectivity index (χ0v) is 8.37. The van der Waals surface area contributed by atoms with Crippen LogP contribution in [-0.2, 0) is 0 Å². The zero-order valence-electron chi connectivity index (χ0n) is 8.37. The van der Waals surface area contributed by atoms with E-state index in [-0.39, 0.29) is 6.15 Å². The first-order chi connectivity index (χ1) is 5.75. The summed E-state index contributed by atoms with van der Waals surface area (Å²) in [5.74, 6) is 0.375. The number of nitrogens with two attached hydrogens (primary N) is 2. The lowest BCUT2D eigenvalue weighted by molar-refractivity contribution is 0.400. The molecule has 0 unspecified atom stereocenters. The molecule has 1 aromatic rings. The Labute approximate surface area is 78.7 Å². The van der Waals surface area contributed by atoms with Crippen molar-refractivity contribution in [2.24, 2.45) is 0 Å². The molecule has 0 aliphatic rings. The Kier molecular flexibility index (Phi) is 7.76. The van der Waals surface area contributed by atoms with Crippen LogP contribution < -0.4 is 22.4 Å². The highest BCUT2D eigenvalue weighted by atomic mass is 16.5. The van der Waals surface area contributed by atoms with E-state index >= 15 is 0 Å². The molecular weight excluding hydrogens is 168 g/mol. The summed E-state index contributed by atoms with van der Waals surface area (Å²) in [5, 5.41) is 0. The summed E-state index contributed by atoms with van der Waals surface area (Å²) in [6.07, 6.45) is 1.55. The first kappa shape index (κ1) is 14.1. The summed E-state index contributed by atoms with van der Waals surface area (Å²) in [5.41, 5.74) is 11.8. The molecule has 13 heavy (non-hydrogen) atoms. The largest absolute Gasteiger partial charge is 0.479 e. The van der Waals surface area contributed by atoms with Gasteiger partial charge in [-0.3, -0.25) is 0 Å². The summed E-state index contributed by atoms with van der Waals surface area (Å²) >= 11 is 0. The molecule has 1 rings (SSSR count). The molecule has 0 radical (unpaired) electrons. The van der Waals surface area contributed by atoms with Gasteiger partial charge in [-0.25, -0.2) is 4.98 Å². The molecule has 7 N–H and O–H groups in total. The van der Waals surface area contributed by atoms with Crippen LogP contribution in [0, 0.1) is 0 Å². The molecular formula is C8H18N4O. The molecule has 0 atom stereocenters. The highest BCUT2D eigenvalue weighted by Gasteiger charge is 2.01. The first-order valence-electron chi connectivity index (χ1n) is 3.79. The van der Waals surface area contributed by atoms with Crippen LogP contribution in [-0.4, -0.2) is 12.1 Å². The van der Waals surface area contributed by atoms with E-state index in [4.69, 9.17) is 16.2 Å². The van der Waals surface area contributed by atoms with Crippen LogP contribution in [0.4, 0.5) is 11.4 Å². The molecule has 0 bridgehead atoms. The Balaban J connectivity index is 0. The maximum absolute atomic E-state index is 5.48. The molecule has 76 valence electrons. The van der Waals surface area contributed by atoms with Gasteiger partial charge in [-0.15, -0.1) is 0 Å². The highest BCUT2D eigenvalue weighted by molar-refractivity contribution is 5.67. The average molecular weight is 186 g/mol. The fourth-order valence-corrected chi connectivity index (χ4v) is 0.631. The fourth-order valence-electron chi connectivity index (χ4n) is 0.631. The second-order valence-corrected chi connectivity index (χ2v) is 1.82. The second-order valence-electron chi connectivity index (χ2n) is 1.82. The lowest BCUT2D eigenvalue weighted by Crippen LogP contribution is -1.99. The molecule has 5 heteroatoms. The van der Waals surface area contributed by atoms with Crippen molar-refractivity contribution in [2.45, 2.75) is 13.8 Å². The van der Waals surface area contributed by atoms with E-state index in [1.807, 2.05) is 13.8 Å². The predicted molar refractivity (Wildman–Crippen MR) is 56.0 cm³/mol. The standard InChI is InChI=1S/C6H9N3O.C2H6.H3N/c1-10-6-5(8)4(7)2-3-9-6;1-2;/h2-3H,8H2,1H3,(H2,7,9);1-2H3;1H3. The Morgan fingerprint density at radius 2 is 1.85 bits per heavy atom. The van der Waals surface area contributed by atoms with Crippen molar-refractivity contribution >= 4 is 11.4 Å². The molecule has 0 fully saturated rings. The number of aromatic nitrogens is 1. The van der Waals surface area contributed by atoms with Gasteiger partial charge in [0.15, 0.2) is 0 Å². The van der Waals surface area contributed by atoms with Crippen molar-refractivity contribution in [1.82, 2.24) is 11.1 Å². The van der Waals surface area contributed by atoms with E-state index in [1.54, 1.807) is 12.3 Å². The number of hydrogen-bond acceptors (Lipinski definition) is 5. The van der Waals surface area contributed by atoms with Gasteiger partial charge in [-0.2, -0.15) is 0 Å². The van der Waals surface area contributed by atoms with Gasteiger partial charge in [0.1, 0.15) is 5.69 Å². The third kappa shape index (κ3) is 3.62. The number of ether oxygens (including phenoxy) is 1. The minimum atomic E-state index is 0. The molecule has 1 aromatic heterocycles. The molecule has 0 spiro atoms. The lowest BCUT2D eigenvalue weighted by Gasteiger charge is -2.03. The predicted octanol–water partition coefficient (Wildman–Crippen LogP) is 1.44. The Bertz CT molecular complexity index is 240. The minimum absolute atomic E-state index is 0. The van der Waals surface area contributed by atoms with Crippen molar-refractivity contribution in [3.05, 3.63) is 12.3 Å². The summed E-state index contributed by atoms with van der Waals surface area (Å²) < 4.78 is 4.81. The topological polar surface area (TPSA) is 109 Å². The van der Waals surface area contributed by atoms with Gasteiger partial charge in [-0.05, 0) is 6.07 Å². The van der Waals surface area contributed by atoms with Crippen LogP contribution in [0.5, 0.6) is 5.88 Å². The molecule has 0 amide bonds. The number of nitrogens with zero attached hydrogens (tertiary/aromatic N) is 1. The van der Waals surface area contributed by atoms with Gasteiger partial charge < -0.3 is 22.4 Å². The number of hydrogen-bond donors (Lipinski definition) is 3. The number of nitrogen functional groups attached to an aromatic ring is 2. The van der Waals surface area contributed by atoms with Crippen molar-refractivity contribution in [2.75, 3.05) is 18.6 Å². The van der Waals surface area contributed by atoms with Crippen molar-refractivity contribution in [3.63, 3.8) is 0 Å². The van der Waals surface area contributed by atoms with Crippen LogP contribution in [0.15, 0.2) is 12.3 Å². The Hall–Kier alpha value is -1.49. The van der Waals surface area contributed by atoms with Crippen LogP contribution in [0.25, 0.3) is 0 Å². The summed E-state index contributed by atoms with van der Waals surface area (Å²) in [6, 6.07) is 1.62. The zero-order chi connectivity index (χ0) is 9.56. The van der Waals surface area contributed by atoms with Gasteiger partial charge in [0.2, 0.25) is 5.88 Å². The fraction of sp³-hybridized carbons (Fsp3) is 0.375. The van der Waals surface area contributed by atoms with Gasteiger partial charge >= 0.3 is 0 Å². The second kappa shape index (κ2) is 7.17. The number of rotatable bonds is 1. The van der Waals surface area contributed by atoms with Crippen molar-refractivity contribution in [1.29, 1.82) is 0 Å². The van der Waals surface area contributed by atoms with Crippen LogP contribution >= 0.6 is 0 Å². The Morgan fingerprint density at radius 1 is 1.31 bits per heavy atom. The van der Waals surface area contributed by atoms with Gasteiger partial charge in [-0.1, -0.05) is 13.8 Å². The van der Waals surface area contributed by atoms with Gasteiger partial charge in [0.05, 0.1) is 12.8 Å². The molecule has 0 aromatic carbocycles. The maximum Gasteiger partial charge on any atom is 0.239 e. The smallest absolute Gasteiger partial charge is 0.239 e. The number of methoxy groups -OCH3 is 1. The molecule has 0 aliphatic heterocycles. The monoisotopic (exact) mass is 186 g/mol. The van der Waals surface area contributed by atoms with E-state index in [0.29, 0.717) is 17.3 Å². The lowest BCUT2D eigenvalue weighted by atomic mass is 10.3. The highest BCUT2D eigenvalue weighted by Crippen LogP contribution is 2.22. The summed E-state index contributed by atoms with van der Waals surface area (Å²) in [7, 11) is 1.50. The molecule has 0 aliphatic carbocycles. The van der Waals surface area contributed by atoms with E-state index in [9.17, 15) is 0 Å². The molecule has 0 saturated heterocycles. The quantitative estimate of drug-likeness (QED) is 0.614. The molecule has 5 nitrogen and oxygen atoms in total. The normalized spacial score (nSPS) is 7.62. The van der Waals surface area contributed by atoms with Crippen LogP contribution in [0.2, 0.25) is 0 Å². The van der Waals surface area contributed by atoms with Gasteiger partial charge in [0.25, 0.3) is 0 Å². The summed E-state index contributed by atoms with van der Waals surface area (Å²) in [4.78, 5) is 3.83. The number of pyridine rings is 1. The van der Waals surface area contributed by atoms with E-state index < -0.39 is 0 Å². The van der Waals surface area contributed by atoms with E-state index in [0.717, 1.165) is 0 Å². The third-order valence-electron chi connectivity index (χ3n) is 1.18. The maximum atomic E-state index is 5.48. The third-order valence-corrected chi connectivity index (χ3v) is 1.18. The average Bonchev–Trinajstić information content (AvgIpc) is 2.13. The summed E-state index contributed by atoms with van der Waals surface area (Å²) in [6.45, 7) is 4.00. The molecule has 1 heterocycles. The van der Waals surface area contributed by atoms with Crippen LogP contribution in [0.3, 0.4) is 0 Å². The van der Waals surface area contributed by atoms with E-state index in [1.165, 1.54) is 7.11 Å². The number of anilines is 2. The SMILES string of the molecule is CC.COc1nccc(N)c1N.N. The van der Waals surface area contributed by atoms with Crippen molar-refractivity contribution in [3.8, 4) is 5.88 Å². The van der Waals surface area contributed by atoms with Gasteiger partial charge in [0, 0.05) is 6.20 Å². The van der Waals surface area contributed by atoms with E-state index in [2.05, 4.69) is 4.98 Å². The van der Waals surface area contributed by atoms with Crippen molar-refractivity contribution < 1.29 is 4.74 Å². The first-order valence-corrected chi connectivity index (χ1v) is 3.79. The van der Waals surface area contributed by atoms with Crippen LogP contribution in [0.1, 0.15) is 13.8 Å². The molecule has 0 saturated carbocycles. The Morgan fingerprint density at radius 3 is 2.23 bits per heavy atom.